The summed E-state index contributed by atoms with van der Waals surface area (Å²) in [6.45, 7) is 3.17. The molecule has 1 aliphatic carbocycles. The number of amides is 2. The summed E-state index contributed by atoms with van der Waals surface area (Å²) in [5.41, 5.74) is 1.96. The molecule has 1 atom stereocenters. The van der Waals surface area contributed by atoms with Gasteiger partial charge in [0.2, 0.25) is 11.8 Å². The highest BCUT2D eigenvalue weighted by Crippen LogP contribution is 2.34. The number of sulfonamides is 1. The Morgan fingerprint density at radius 2 is 1.56 bits per heavy atom. The number of hydrogen-bond donors (Lipinski definition) is 1. The molecule has 0 saturated heterocycles. The van der Waals surface area contributed by atoms with Gasteiger partial charge in [-0.15, -0.1) is 0 Å². The van der Waals surface area contributed by atoms with E-state index in [1.807, 2.05) is 37.3 Å². The van der Waals surface area contributed by atoms with Crippen molar-refractivity contribution in [2.24, 2.45) is 0 Å². The van der Waals surface area contributed by atoms with Gasteiger partial charge in [0.1, 0.15) is 12.6 Å². The van der Waals surface area contributed by atoms with Crippen LogP contribution < -0.4 is 19.1 Å². The van der Waals surface area contributed by atoms with E-state index in [1.165, 1.54) is 37.3 Å². The van der Waals surface area contributed by atoms with Crippen LogP contribution in [0.15, 0.2) is 77.7 Å². The van der Waals surface area contributed by atoms with E-state index >= 15 is 0 Å². The van der Waals surface area contributed by atoms with Crippen LogP contribution >= 0.6 is 0 Å². The number of anilines is 1. The van der Waals surface area contributed by atoms with Gasteiger partial charge in [-0.1, -0.05) is 67.3 Å². The number of aryl methyl sites for hydroxylation is 1. The van der Waals surface area contributed by atoms with Crippen molar-refractivity contribution in [3.8, 4) is 11.5 Å². The molecule has 9 nitrogen and oxygen atoms in total. The molecule has 10 heteroatoms. The summed E-state index contributed by atoms with van der Waals surface area (Å²) in [6, 6.07) is 19.7. The quantitative estimate of drug-likeness (QED) is 0.308. The third-order valence-corrected chi connectivity index (χ3v) is 9.65. The largest absolute Gasteiger partial charge is 0.493 e. The molecule has 0 heterocycles. The molecule has 1 fully saturated rings. The second kappa shape index (κ2) is 14.4. The molecule has 43 heavy (non-hydrogen) atoms. The maximum absolute atomic E-state index is 14.2. The molecule has 0 bridgehead atoms. The van der Waals surface area contributed by atoms with E-state index in [1.54, 1.807) is 31.2 Å². The molecule has 0 unspecified atom stereocenters. The van der Waals surface area contributed by atoms with Gasteiger partial charge in [-0.05, 0) is 56.5 Å². The second-order valence-corrected chi connectivity index (χ2v) is 12.8. The summed E-state index contributed by atoms with van der Waals surface area (Å²) in [7, 11) is -1.25. The number of nitrogens with zero attached hydrogens (tertiary/aromatic N) is 2. The van der Waals surface area contributed by atoms with E-state index in [2.05, 4.69) is 5.32 Å². The standard InChI is InChI=1S/C33H41N3O6S/c1-24-15-18-29(19-16-24)43(39,40)36(28-17-20-30(41-3)31(21-28)42-4)23-32(37)35(22-26-11-7-5-8-12-26)25(2)33(38)34-27-13-9-6-10-14-27/h5,7-8,11-12,15-21,25,27H,6,9-10,13-14,22-23H2,1-4H3,(H,34,38)/t25-/m0/s1. The highest BCUT2D eigenvalue weighted by Gasteiger charge is 2.33. The minimum absolute atomic E-state index is 0.0402. The first-order valence-electron chi connectivity index (χ1n) is 14.6. The van der Waals surface area contributed by atoms with E-state index in [0.29, 0.717) is 11.5 Å². The van der Waals surface area contributed by atoms with Crippen molar-refractivity contribution in [2.75, 3.05) is 25.1 Å². The molecule has 1 saturated carbocycles. The summed E-state index contributed by atoms with van der Waals surface area (Å²) in [4.78, 5) is 29.1. The van der Waals surface area contributed by atoms with Gasteiger partial charge >= 0.3 is 0 Å². The number of ether oxygens (including phenoxy) is 2. The van der Waals surface area contributed by atoms with Crippen LogP contribution in [0.2, 0.25) is 0 Å². The van der Waals surface area contributed by atoms with Crippen LogP contribution in [-0.4, -0.2) is 58.0 Å². The molecule has 230 valence electrons. The Balaban J connectivity index is 1.71. The first kappa shape index (κ1) is 31.9. The fourth-order valence-electron chi connectivity index (χ4n) is 5.28. The molecule has 0 radical (unpaired) electrons. The lowest BCUT2D eigenvalue weighted by molar-refractivity contribution is -0.139. The van der Waals surface area contributed by atoms with Crippen LogP contribution in [0, 0.1) is 6.92 Å². The molecule has 1 aliphatic rings. The Bertz CT molecular complexity index is 1490. The Hall–Kier alpha value is -4.05. The lowest BCUT2D eigenvalue weighted by Gasteiger charge is -2.33. The number of benzene rings is 3. The average Bonchev–Trinajstić information content (AvgIpc) is 3.02. The third-order valence-electron chi connectivity index (χ3n) is 7.86. The molecule has 1 N–H and O–H groups in total. The van der Waals surface area contributed by atoms with E-state index in [0.717, 1.165) is 47.5 Å². The maximum Gasteiger partial charge on any atom is 0.264 e. The van der Waals surface area contributed by atoms with Gasteiger partial charge in [0.15, 0.2) is 11.5 Å². The highest BCUT2D eigenvalue weighted by atomic mass is 32.2. The lowest BCUT2D eigenvalue weighted by atomic mass is 9.95. The first-order chi connectivity index (χ1) is 20.6. The number of carbonyl (C=O) groups excluding carboxylic acids is 2. The van der Waals surface area contributed by atoms with Crippen molar-refractivity contribution in [2.45, 2.75) is 69.5 Å². The summed E-state index contributed by atoms with van der Waals surface area (Å²) >= 11 is 0. The lowest BCUT2D eigenvalue weighted by Crippen LogP contribution is -2.53. The van der Waals surface area contributed by atoms with Crippen molar-refractivity contribution in [1.82, 2.24) is 10.2 Å². The minimum Gasteiger partial charge on any atom is -0.493 e. The highest BCUT2D eigenvalue weighted by molar-refractivity contribution is 7.92. The Kier molecular flexibility index (Phi) is 10.7. The van der Waals surface area contributed by atoms with Crippen LogP contribution in [0.25, 0.3) is 0 Å². The molecule has 3 aromatic carbocycles. The maximum atomic E-state index is 14.2. The van der Waals surface area contributed by atoms with Gasteiger partial charge in [-0.25, -0.2) is 8.42 Å². The molecule has 0 aliphatic heterocycles. The summed E-state index contributed by atoms with van der Waals surface area (Å²) in [6.07, 6.45) is 5.09. The summed E-state index contributed by atoms with van der Waals surface area (Å²) in [5, 5.41) is 3.12. The van der Waals surface area contributed by atoms with E-state index in [-0.39, 0.29) is 29.1 Å². The van der Waals surface area contributed by atoms with Crippen molar-refractivity contribution in [3.05, 3.63) is 83.9 Å². The molecule has 3 aromatic rings. The van der Waals surface area contributed by atoms with Crippen molar-refractivity contribution in [1.29, 1.82) is 0 Å². The Labute approximate surface area is 254 Å². The van der Waals surface area contributed by atoms with Gasteiger partial charge in [0.25, 0.3) is 10.0 Å². The Morgan fingerprint density at radius 1 is 0.907 bits per heavy atom. The number of carbonyl (C=O) groups is 2. The smallest absolute Gasteiger partial charge is 0.264 e. The summed E-state index contributed by atoms with van der Waals surface area (Å²) < 4.78 is 40.0. The average molecular weight is 608 g/mol. The van der Waals surface area contributed by atoms with Gasteiger partial charge in [0.05, 0.1) is 24.8 Å². The van der Waals surface area contributed by atoms with Gasteiger partial charge in [-0.2, -0.15) is 0 Å². The molecule has 0 spiro atoms. The second-order valence-electron chi connectivity index (χ2n) is 10.9. The van der Waals surface area contributed by atoms with Crippen LogP contribution in [0.5, 0.6) is 11.5 Å². The topological polar surface area (TPSA) is 105 Å². The van der Waals surface area contributed by atoms with Gasteiger partial charge in [-0.3, -0.25) is 13.9 Å². The molecule has 2 amide bonds. The molecular weight excluding hydrogens is 566 g/mol. The predicted octanol–water partition coefficient (Wildman–Crippen LogP) is 5.07. The molecule has 0 aromatic heterocycles. The number of hydrogen-bond acceptors (Lipinski definition) is 6. The Morgan fingerprint density at radius 3 is 2.19 bits per heavy atom. The van der Waals surface area contributed by atoms with Crippen LogP contribution in [0.1, 0.15) is 50.2 Å². The fourth-order valence-corrected chi connectivity index (χ4v) is 6.68. The van der Waals surface area contributed by atoms with Crippen molar-refractivity contribution >= 4 is 27.5 Å². The summed E-state index contributed by atoms with van der Waals surface area (Å²) in [5.74, 6) is -0.0299. The van der Waals surface area contributed by atoms with Gasteiger partial charge < -0.3 is 19.7 Å². The van der Waals surface area contributed by atoms with Crippen LogP contribution in [0.4, 0.5) is 5.69 Å². The zero-order valence-electron chi connectivity index (χ0n) is 25.3. The fraction of sp³-hybridized carbons (Fsp3) is 0.394. The SMILES string of the molecule is COc1ccc(N(CC(=O)N(Cc2ccccc2)[C@@H](C)C(=O)NC2CCCCC2)S(=O)(=O)c2ccc(C)cc2)cc1OC. The minimum atomic E-state index is -4.20. The van der Waals surface area contributed by atoms with Crippen LogP contribution in [0.3, 0.4) is 0 Å². The van der Waals surface area contributed by atoms with Crippen molar-refractivity contribution in [3.63, 3.8) is 0 Å². The number of methoxy groups -OCH3 is 2. The van der Waals surface area contributed by atoms with E-state index < -0.39 is 28.5 Å². The van der Waals surface area contributed by atoms with Gasteiger partial charge in [0, 0.05) is 18.7 Å². The molecular formula is C33H41N3O6S. The number of nitrogens with one attached hydrogen (secondary N) is 1. The monoisotopic (exact) mass is 607 g/mol. The van der Waals surface area contributed by atoms with E-state index in [4.69, 9.17) is 9.47 Å². The normalized spacial score (nSPS) is 14.4. The van der Waals surface area contributed by atoms with Crippen molar-refractivity contribution < 1.29 is 27.5 Å². The zero-order valence-corrected chi connectivity index (χ0v) is 26.1. The zero-order chi connectivity index (χ0) is 31.0. The first-order valence-corrected chi connectivity index (χ1v) is 16.0. The van der Waals surface area contributed by atoms with Crippen LogP contribution in [-0.2, 0) is 26.2 Å². The number of rotatable bonds is 12. The third kappa shape index (κ3) is 7.87. The van der Waals surface area contributed by atoms with E-state index in [9.17, 15) is 18.0 Å². The predicted molar refractivity (Wildman–Crippen MR) is 167 cm³/mol. The molecule has 4 rings (SSSR count).